The Morgan fingerprint density at radius 3 is 2.78 bits per heavy atom. The normalized spacial score (nSPS) is 28.7. The number of ether oxygens (including phenoxy) is 1. The molecule has 0 bridgehead atoms. The smallest absolute Gasteiger partial charge is 0.0791 e. The average Bonchev–Trinajstić information content (AvgIpc) is 2.76. The average molecular weight is 257 g/mol. The lowest BCUT2D eigenvalue weighted by atomic mass is 10.1. The summed E-state index contributed by atoms with van der Waals surface area (Å²) < 4.78 is 5.30. The molecule has 2 atom stereocenters. The van der Waals surface area contributed by atoms with Gasteiger partial charge in [0.25, 0.3) is 0 Å². The standard InChI is InChI=1S/C13H27N3O2/c1-15-3-2-12(10-15)8-14-9-13(17)11-16-4-6-18-7-5-16/h12-14,17H,2-11H2,1H3. The van der Waals surface area contributed by atoms with Crippen LogP contribution in [0, 0.1) is 5.92 Å². The number of nitrogens with zero attached hydrogens (tertiary/aromatic N) is 2. The Morgan fingerprint density at radius 1 is 1.33 bits per heavy atom. The minimum Gasteiger partial charge on any atom is -0.390 e. The van der Waals surface area contributed by atoms with Crippen LogP contribution < -0.4 is 5.32 Å². The number of morpholine rings is 1. The van der Waals surface area contributed by atoms with Crippen molar-refractivity contribution in [3.05, 3.63) is 0 Å². The minimum absolute atomic E-state index is 0.262. The van der Waals surface area contributed by atoms with E-state index in [-0.39, 0.29) is 6.10 Å². The third-order valence-electron chi connectivity index (χ3n) is 3.87. The first-order valence-corrected chi connectivity index (χ1v) is 7.11. The fraction of sp³-hybridized carbons (Fsp3) is 1.00. The summed E-state index contributed by atoms with van der Waals surface area (Å²) in [6.07, 6.45) is 1.02. The van der Waals surface area contributed by atoms with Crippen LogP contribution >= 0.6 is 0 Å². The Morgan fingerprint density at radius 2 is 2.11 bits per heavy atom. The summed E-state index contributed by atoms with van der Waals surface area (Å²) >= 11 is 0. The van der Waals surface area contributed by atoms with Crippen LogP contribution in [0.15, 0.2) is 0 Å². The van der Waals surface area contributed by atoms with E-state index in [1.165, 1.54) is 19.5 Å². The molecule has 2 unspecified atom stereocenters. The lowest BCUT2D eigenvalue weighted by Crippen LogP contribution is -2.44. The van der Waals surface area contributed by atoms with E-state index in [0.29, 0.717) is 6.54 Å². The molecule has 2 rings (SSSR count). The van der Waals surface area contributed by atoms with E-state index in [1.807, 2.05) is 0 Å². The molecule has 2 N–H and O–H groups in total. The quantitative estimate of drug-likeness (QED) is 0.654. The van der Waals surface area contributed by atoms with Crippen LogP contribution in [0.3, 0.4) is 0 Å². The monoisotopic (exact) mass is 257 g/mol. The molecule has 0 aromatic heterocycles. The Kier molecular flexibility index (Phi) is 5.85. The molecule has 0 saturated carbocycles. The highest BCUT2D eigenvalue weighted by Crippen LogP contribution is 2.12. The van der Waals surface area contributed by atoms with Crippen molar-refractivity contribution in [1.82, 2.24) is 15.1 Å². The van der Waals surface area contributed by atoms with Gasteiger partial charge in [0.2, 0.25) is 0 Å². The molecular formula is C13H27N3O2. The maximum atomic E-state index is 9.97. The van der Waals surface area contributed by atoms with Gasteiger partial charge in [-0.1, -0.05) is 0 Å². The summed E-state index contributed by atoms with van der Waals surface area (Å²) in [5, 5.41) is 13.4. The molecule has 2 saturated heterocycles. The molecule has 0 amide bonds. The predicted molar refractivity (Wildman–Crippen MR) is 71.7 cm³/mol. The zero-order valence-electron chi connectivity index (χ0n) is 11.5. The number of nitrogens with one attached hydrogen (secondary N) is 1. The van der Waals surface area contributed by atoms with Crippen molar-refractivity contribution >= 4 is 0 Å². The molecule has 106 valence electrons. The van der Waals surface area contributed by atoms with Crippen LogP contribution in [-0.4, -0.2) is 87.1 Å². The van der Waals surface area contributed by atoms with Gasteiger partial charge in [0.1, 0.15) is 0 Å². The van der Waals surface area contributed by atoms with Gasteiger partial charge < -0.3 is 20.1 Å². The van der Waals surface area contributed by atoms with E-state index in [0.717, 1.165) is 45.3 Å². The van der Waals surface area contributed by atoms with Crippen LogP contribution in [0.25, 0.3) is 0 Å². The number of β-amino-alcohol motifs (C(OH)–C–C–N with tert-alkyl or cyclic N) is 1. The Balaban J connectivity index is 1.52. The molecule has 18 heavy (non-hydrogen) atoms. The molecule has 2 aliphatic heterocycles. The Hall–Kier alpha value is -0.200. The van der Waals surface area contributed by atoms with Gasteiger partial charge in [-0.15, -0.1) is 0 Å². The summed E-state index contributed by atoms with van der Waals surface area (Å²) in [6, 6.07) is 0. The summed E-state index contributed by atoms with van der Waals surface area (Å²) in [5.41, 5.74) is 0. The van der Waals surface area contributed by atoms with Gasteiger partial charge in [-0.05, 0) is 32.5 Å². The third-order valence-corrected chi connectivity index (χ3v) is 3.87. The zero-order chi connectivity index (χ0) is 12.8. The number of rotatable bonds is 6. The second-order valence-corrected chi connectivity index (χ2v) is 5.64. The first-order chi connectivity index (χ1) is 8.74. The molecule has 0 spiro atoms. The fourth-order valence-corrected chi connectivity index (χ4v) is 2.79. The highest BCUT2D eigenvalue weighted by Gasteiger charge is 2.19. The van der Waals surface area contributed by atoms with Crippen molar-refractivity contribution in [2.24, 2.45) is 5.92 Å². The molecule has 2 aliphatic rings. The highest BCUT2D eigenvalue weighted by molar-refractivity contribution is 4.76. The van der Waals surface area contributed by atoms with Gasteiger partial charge >= 0.3 is 0 Å². The molecule has 0 aromatic rings. The van der Waals surface area contributed by atoms with Crippen molar-refractivity contribution in [1.29, 1.82) is 0 Å². The maximum absolute atomic E-state index is 9.97. The molecule has 0 radical (unpaired) electrons. The van der Waals surface area contributed by atoms with E-state index in [9.17, 15) is 5.11 Å². The topological polar surface area (TPSA) is 48.0 Å². The van der Waals surface area contributed by atoms with Crippen LogP contribution in [0.5, 0.6) is 0 Å². The van der Waals surface area contributed by atoms with Crippen molar-refractivity contribution < 1.29 is 9.84 Å². The van der Waals surface area contributed by atoms with E-state index >= 15 is 0 Å². The second-order valence-electron chi connectivity index (χ2n) is 5.64. The van der Waals surface area contributed by atoms with Gasteiger partial charge in [-0.2, -0.15) is 0 Å². The molecule has 5 heteroatoms. The van der Waals surface area contributed by atoms with Crippen molar-refractivity contribution in [2.75, 3.05) is 66.1 Å². The lowest BCUT2D eigenvalue weighted by molar-refractivity contribution is 0.0148. The lowest BCUT2D eigenvalue weighted by Gasteiger charge is -2.28. The third kappa shape index (κ3) is 4.82. The molecule has 0 aliphatic carbocycles. The zero-order valence-corrected chi connectivity index (χ0v) is 11.5. The van der Waals surface area contributed by atoms with Crippen LogP contribution in [0.4, 0.5) is 0 Å². The van der Waals surface area contributed by atoms with E-state index in [1.54, 1.807) is 0 Å². The number of aliphatic hydroxyl groups is 1. The summed E-state index contributed by atoms with van der Waals surface area (Å²) in [5.74, 6) is 0.755. The maximum Gasteiger partial charge on any atom is 0.0791 e. The van der Waals surface area contributed by atoms with Crippen LogP contribution in [0.2, 0.25) is 0 Å². The van der Waals surface area contributed by atoms with Crippen LogP contribution in [0.1, 0.15) is 6.42 Å². The Bertz CT molecular complexity index is 234. The van der Waals surface area contributed by atoms with Gasteiger partial charge in [-0.3, -0.25) is 4.90 Å². The van der Waals surface area contributed by atoms with Crippen molar-refractivity contribution in [3.63, 3.8) is 0 Å². The van der Waals surface area contributed by atoms with Crippen LogP contribution in [-0.2, 0) is 4.74 Å². The van der Waals surface area contributed by atoms with E-state index in [2.05, 4.69) is 22.2 Å². The SMILES string of the molecule is CN1CCC(CNCC(O)CN2CCOCC2)C1. The second kappa shape index (κ2) is 7.40. The minimum atomic E-state index is -0.262. The van der Waals surface area contributed by atoms with E-state index < -0.39 is 0 Å². The van der Waals surface area contributed by atoms with Gasteiger partial charge in [0.05, 0.1) is 19.3 Å². The number of hydrogen-bond acceptors (Lipinski definition) is 5. The van der Waals surface area contributed by atoms with Crippen molar-refractivity contribution in [3.8, 4) is 0 Å². The number of aliphatic hydroxyl groups excluding tert-OH is 1. The molecule has 2 fully saturated rings. The highest BCUT2D eigenvalue weighted by atomic mass is 16.5. The van der Waals surface area contributed by atoms with E-state index in [4.69, 9.17) is 4.74 Å². The summed E-state index contributed by atoms with van der Waals surface area (Å²) in [4.78, 5) is 4.65. The summed E-state index contributed by atoms with van der Waals surface area (Å²) in [6.45, 7) is 8.40. The van der Waals surface area contributed by atoms with Crippen molar-refractivity contribution in [2.45, 2.75) is 12.5 Å². The number of hydrogen-bond donors (Lipinski definition) is 2. The molecule has 5 nitrogen and oxygen atoms in total. The first-order valence-electron chi connectivity index (χ1n) is 7.11. The molecule has 0 aromatic carbocycles. The molecular weight excluding hydrogens is 230 g/mol. The first kappa shape index (κ1) is 14.2. The summed E-state index contributed by atoms with van der Waals surface area (Å²) in [7, 11) is 2.17. The number of likely N-dealkylation sites (tertiary alicyclic amines) is 1. The van der Waals surface area contributed by atoms with Gasteiger partial charge in [-0.25, -0.2) is 0 Å². The van der Waals surface area contributed by atoms with Gasteiger partial charge in [0, 0.05) is 32.7 Å². The van der Waals surface area contributed by atoms with Gasteiger partial charge in [0.15, 0.2) is 0 Å². The largest absolute Gasteiger partial charge is 0.390 e. The predicted octanol–water partition coefficient (Wildman–Crippen LogP) is -0.779. The molecule has 2 heterocycles. The Labute approximate surface area is 110 Å². The fourth-order valence-electron chi connectivity index (χ4n) is 2.79.